The molecule has 0 bridgehead atoms. The highest BCUT2D eigenvalue weighted by Crippen LogP contribution is 2.47. The lowest BCUT2D eigenvalue weighted by molar-refractivity contribution is 0.263. The fraction of sp³-hybridized carbons (Fsp3) is 0.308. The van der Waals surface area contributed by atoms with Gasteiger partial charge in [0, 0.05) is 57.9 Å². The molecule has 9 heteroatoms. The highest BCUT2D eigenvalue weighted by atomic mass is 32.1. The van der Waals surface area contributed by atoms with Crippen LogP contribution < -0.4 is 4.90 Å². The second-order valence-electron chi connectivity index (χ2n) is 9.07. The molecule has 1 aromatic carbocycles. The lowest BCUT2D eigenvalue weighted by atomic mass is 10.0. The topological polar surface area (TPSA) is 84.9 Å². The Morgan fingerprint density at radius 1 is 1.09 bits per heavy atom. The molecule has 1 N–H and O–H groups in total. The van der Waals surface area contributed by atoms with Crippen LogP contribution in [0.3, 0.4) is 0 Å². The van der Waals surface area contributed by atoms with Gasteiger partial charge in [0.05, 0.1) is 10.3 Å². The first kappa shape index (κ1) is 21.9. The number of aliphatic hydroxyl groups is 1. The van der Waals surface area contributed by atoms with E-state index in [4.69, 9.17) is 15.1 Å². The standard InChI is InChI=1S/C26H27N7OS/c1-31-14-11-27-25(31)23-28-24(33-13-8-17(16-33)10-15-34)21-20(18-6-4-3-5-7-18)22(35-26(21)29-23)19-9-12-32(2)30-19/h3-7,9,11-12,14,17,34H,8,10,13,15-16H2,1-2H3. The molecule has 178 valence electrons. The zero-order valence-electron chi connectivity index (χ0n) is 19.8. The van der Waals surface area contributed by atoms with Crippen LogP contribution in [-0.4, -0.2) is 54.1 Å². The summed E-state index contributed by atoms with van der Waals surface area (Å²) in [6, 6.07) is 12.5. The molecule has 6 rings (SSSR count). The summed E-state index contributed by atoms with van der Waals surface area (Å²) in [5, 5.41) is 15.3. The van der Waals surface area contributed by atoms with Crippen molar-refractivity contribution in [3.05, 3.63) is 55.0 Å². The van der Waals surface area contributed by atoms with Gasteiger partial charge in [-0.1, -0.05) is 30.3 Å². The first-order valence-corrected chi connectivity index (χ1v) is 12.7. The molecule has 0 radical (unpaired) electrons. The van der Waals surface area contributed by atoms with Crippen molar-refractivity contribution < 1.29 is 5.11 Å². The molecule has 4 aromatic heterocycles. The first-order chi connectivity index (χ1) is 17.1. The molecule has 1 saturated heterocycles. The van der Waals surface area contributed by atoms with Gasteiger partial charge in [0.1, 0.15) is 16.3 Å². The van der Waals surface area contributed by atoms with Gasteiger partial charge in [-0.2, -0.15) is 5.10 Å². The fourth-order valence-corrected chi connectivity index (χ4v) is 6.09. The molecule has 0 amide bonds. The summed E-state index contributed by atoms with van der Waals surface area (Å²) in [4.78, 5) is 19.1. The second-order valence-corrected chi connectivity index (χ2v) is 10.1. The van der Waals surface area contributed by atoms with Crippen LogP contribution in [0, 0.1) is 5.92 Å². The number of rotatable bonds is 6. The highest BCUT2D eigenvalue weighted by Gasteiger charge is 2.30. The van der Waals surface area contributed by atoms with E-state index in [1.165, 1.54) is 0 Å². The Kier molecular flexibility index (Phi) is 5.58. The fourth-order valence-electron chi connectivity index (χ4n) is 4.93. The summed E-state index contributed by atoms with van der Waals surface area (Å²) >= 11 is 1.66. The van der Waals surface area contributed by atoms with E-state index >= 15 is 0 Å². The maximum absolute atomic E-state index is 9.52. The molecule has 0 saturated carbocycles. The molecule has 5 heterocycles. The van der Waals surface area contributed by atoms with Gasteiger partial charge >= 0.3 is 0 Å². The Hall–Kier alpha value is -3.56. The summed E-state index contributed by atoms with van der Waals surface area (Å²) in [5.41, 5.74) is 3.18. The largest absolute Gasteiger partial charge is 0.396 e. The number of aryl methyl sites for hydroxylation is 2. The van der Waals surface area contributed by atoms with Crippen molar-refractivity contribution in [3.63, 3.8) is 0 Å². The van der Waals surface area contributed by atoms with Gasteiger partial charge in [0.15, 0.2) is 11.6 Å². The summed E-state index contributed by atoms with van der Waals surface area (Å²) < 4.78 is 3.79. The molecule has 1 atom stereocenters. The van der Waals surface area contributed by atoms with Crippen LogP contribution in [0.15, 0.2) is 55.0 Å². The van der Waals surface area contributed by atoms with Gasteiger partial charge in [-0.15, -0.1) is 11.3 Å². The number of nitrogens with zero attached hydrogens (tertiary/aromatic N) is 7. The van der Waals surface area contributed by atoms with Crippen LogP contribution in [0.1, 0.15) is 12.8 Å². The van der Waals surface area contributed by atoms with E-state index in [-0.39, 0.29) is 6.61 Å². The third-order valence-electron chi connectivity index (χ3n) is 6.69. The van der Waals surface area contributed by atoms with E-state index in [0.29, 0.717) is 11.7 Å². The minimum atomic E-state index is 0.216. The average Bonchev–Trinajstić information content (AvgIpc) is 3.65. The molecule has 0 spiro atoms. The third kappa shape index (κ3) is 3.90. The summed E-state index contributed by atoms with van der Waals surface area (Å²) in [6.07, 6.45) is 7.52. The van der Waals surface area contributed by atoms with Crippen LogP contribution in [0.4, 0.5) is 5.82 Å². The van der Waals surface area contributed by atoms with Gasteiger partial charge in [0.25, 0.3) is 0 Å². The third-order valence-corrected chi connectivity index (χ3v) is 7.79. The lowest BCUT2D eigenvalue weighted by Gasteiger charge is -2.20. The zero-order chi connectivity index (χ0) is 23.9. The quantitative estimate of drug-likeness (QED) is 0.385. The predicted molar refractivity (Wildman–Crippen MR) is 139 cm³/mol. The average molecular weight is 486 g/mol. The van der Waals surface area contributed by atoms with E-state index < -0.39 is 0 Å². The maximum atomic E-state index is 9.52. The molecule has 8 nitrogen and oxygen atoms in total. The molecule has 35 heavy (non-hydrogen) atoms. The van der Waals surface area contributed by atoms with E-state index in [0.717, 1.165) is 69.5 Å². The Labute approximate surface area is 207 Å². The number of aliphatic hydroxyl groups excluding tert-OH is 1. The minimum Gasteiger partial charge on any atom is -0.396 e. The first-order valence-electron chi connectivity index (χ1n) is 11.9. The summed E-state index contributed by atoms with van der Waals surface area (Å²) in [7, 11) is 3.90. The van der Waals surface area contributed by atoms with Crippen LogP contribution >= 0.6 is 11.3 Å². The van der Waals surface area contributed by atoms with Crippen LogP contribution in [0.25, 0.3) is 43.6 Å². The molecule has 1 unspecified atom stereocenters. The zero-order valence-corrected chi connectivity index (χ0v) is 20.6. The number of thiophene rings is 1. The van der Waals surface area contributed by atoms with E-state index in [9.17, 15) is 5.11 Å². The number of anilines is 1. The number of hydrogen-bond donors (Lipinski definition) is 1. The second kappa shape index (κ2) is 8.90. The van der Waals surface area contributed by atoms with Crippen molar-refractivity contribution in [2.45, 2.75) is 12.8 Å². The summed E-state index contributed by atoms with van der Waals surface area (Å²) in [6.45, 7) is 1.99. The predicted octanol–water partition coefficient (Wildman–Crippen LogP) is 4.37. The number of fused-ring (bicyclic) bond motifs is 1. The molecule has 5 aromatic rings. The van der Waals surface area contributed by atoms with Gasteiger partial charge < -0.3 is 14.6 Å². The Balaban J connectivity index is 1.64. The van der Waals surface area contributed by atoms with E-state index in [1.807, 2.05) is 41.8 Å². The van der Waals surface area contributed by atoms with Crippen LogP contribution in [-0.2, 0) is 14.1 Å². The SMILES string of the molecule is Cn1ccc(-c2sc3nc(-c4nccn4C)nc(N4CCC(CCO)C4)c3c2-c2ccccc2)n1. The summed E-state index contributed by atoms with van der Waals surface area (Å²) in [5.74, 6) is 2.76. The minimum absolute atomic E-state index is 0.216. The Morgan fingerprint density at radius 3 is 2.66 bits per heavy atom. The van der Waals surface area contributed by atoms with Gasteiger partial charge in [-0.05, 0) is 30.4 Å². The van der Waals surface area contributed by atoms with Crippen molar-refractivity contribution in [1.82, 2.24) is 29.3 Å². The molecular formula is C26H27N7OS. The van der Waals surface area contributed by atoms with Gasteiger partial charge in [-0.3, -0.25) is 4.68 Å². The van der Waals surface area contributed by atoms with Crippen LogP contribution in [0.5, 0.6) is 0 Å². The van der Waals surface area contributed by atoms with E-state index in [2.05, 4.69) is 40.2 Å². The van der Waals surface area contributed by atoms with Crippen molar-refractivity contribution in [1.29, 1.82) is 0 Å². The van der Waals surface area contributed by atoms with Crippen molar-refractivity contribution in [2.24, 2.45) is 20.0 Å². The van der Waals surface area contributed by atoms with Crippen molar-refractivity contribution >= 4 is 27.4 Å². The Morgan fingerprint density at radius 2 is 1.94 bits per heavy atom. The Bertz CT molecular complexity index is 1490. The maximum Gasteiger partial charge on any atom is 0.199 e. The molecule has 1 aliphatic rings. The van der Waals surface area contributed by atoms with E-state index in [1.54, 1.807) is 17.5 Å². The highest BCUT2D eigenvalue weighted by molar-refractivity contribution is 7.22. The van der Waals surface area contributed by atoms with Gasteiger partial charge in [0.2, 0.25) is 0 Å². The molecule has 1 fully saturated rings. The number of benzene rings is 1. The monoisotopic (exact) mass is 485 g/mol. The number of hydrogen-bond acceptors (Lipinski definition) is 7. The number of aromatic nitrogens is 6. The molecule has 0 aliphatic carbocycles. The number of imidazole rings is 1. The molecule has 1 aliphatic heterocycles. The van der Waals surface area contributed by atoms with Gasteiger partial charge in [-0.25, -0.2) is 15.0 Å². The lowest BCUT2D eigenvalue weighted by Crippen LogP contribution is -2.22. The normalized spacial score (nSPS) is 16.0. The molecular weight excluding hydrogens is 458 g/mol. The van der Waals surface area contributed by atoms with Crippen molar-refractivity contribution in [2.75, 3.05) is 24.6 Å². The smallest absolute Gasteiger partial charge is 0.199 e. The van der Waals surface area contributed by atoms with Crippen LogP contribution in [0.2, 0.25) is 0 Å². The van der Waals surface area contributed by atoms with Crippen molar-refractivity contribution in [3.8, 4) is 33.3 Å².